The van der Waals surface area contributed by atoms with Crippen molar-refractivity contribution in [2.75, 3.05) is 39.3 Å². The van der Waals surface area contributed by atoms with Gasteiger partial charge in [0.15, 0.2) is 5.75 Å². The monoisotopic (exact) mass is 715 g/mol. The van der Waals surface area contributed by atoms with Crippen molar-refractivity contribution in [2.45, 2.75) is 40.3 Å². The van der Waals surface area contributed by atoms with Crippen molar-refractivity contribution in [3.05, 3.63) is 153 Å². The summed E-state index contributed by atoms with van der Waals surface area (Å²) in [4.78, 5) is 21.0. The van der Waals surface area contributed by atoms with Gasteiger partial charge in [0.2, 0.25) is 5.88 Å². The number of rotatable bonds is 15. The lowest BCUT2D eigenvalue weighted by molar-refractivity contribution is -0.104. The highest BCUT2D eigenvalue weighted by Gasteiger charge is 2.20. The van der Waals surface area contributed by atoms with Crippen molar-refractivity contribution in [1.82, 2.24) is 14.8 Å². The van der Waals surface area contributed by atoms with Gasteiger partial charge < -0.3 is 14.2 Å². The third kappa shape index (κ3) is 10.5. The molecule has 1 aliphatic heterocycles. The van der Waals surface area contributed by atoms with Crippen LogP contribution in [0.2, 0.25) is 5.02 Å². The number of aromatic nitrogens is 1. The zero-order chi connectivity index (χ0) is 36.3. The van der Waals surface area contributed by atoms with E-state index < -0.39 is 0 Å². The molecule has 268 valence electrons. The first-order chi connectivity index (χ1) is 25.3. The molecule has 0 atom stereocenters. The fourth-order valence-corrected chi connectivity index (χ4v) is 6.48. The Kier molecular flexibility index (Phi) is 12.8. The maximum atomic E-state index is 11.7. The van der Waals surface area contributed by atoms with E-state index in [1.807, 2.05) is 37.3 Å². The Labute approximate surface area is 312 Å². The average Bonchev–Trinajstić information content (AvgIpc) is 3.15. The Morgan fingerprint density at radius 2 is 1.38 bits per heavy atom. The van der Waals surface area contributed by atoms with Crippen LogP contribution in [-0.2, 0) is 24.4 Å². The number of piperazine rings is 1. The summed E-state index contributed by atoms with van der Waals surface area (Å²) in [6, 6.07) is 32.8. The Balaban J connectivity index is 0.972. The van der Waals surface area contributed by atoms with Crippen LogP contribution in [0.25, 0.3) is 5.57 Å². The number of hydrogen-bond acceptors (Lipinski definition) is 7. The van der Waals surface area contributed by atoms with Crippen molar-refractivity contribution in [2.24, 2.45) is 0 Å². The summed E-state index contributed by atoms with van der Waals surface area (Å²) in [6.45, 7) is 12.5. The molecule has 5 aromatic rings. The minimum absolute atomic E-state index is 0.418. The van der Waals surface area contributed by atoms with Gasteiger partial charge in [0.05, 0.1) is 17.8 Å². The Hall–Kier alpha value is -4.95. The molecule has 4 aromatic carbocycles. The van der Waals surface area contributed by atoms with E-state index in [2.05, 4.69) is 89.3 Å². The van der Waals surface area contributed by atoms with Crippen molar-refractivity contribution < 1.29 is 19.0 Å². The quantitative estimate of drug-likeness (QED) is 0.0792. The van der Waals surface area contributed by atoms with E-state index in [-0.39, 0.29) is 0 Å². The van der Waals surface area contributed by atoms with Crippen LogP contribution in [0.5, 0.6) is 23.1 Å². The van der Waals surface area contributed by atoms with Gasteiger partial charge >= 0.3 is 0 Å². The zero-order valence-corrected chi connectivity index (χ0v) is 30.9. The number of aryl methyl sites for hydroxylation is 3. The summed E-state index contributed by atoms with van der Waals surface area (Å²) in [5, 5.41) is 0.461. The number of benzene rings is 4. The largest absolute Gasteiger partial charge is 0.493 e. The van der Waals surface area contributed by atoms with Crippen LogP contribution in [0, 0.1) is 20.8 Å². The molecule has 0 saturated carbocycles. The molecule has 0 amide bonds. The van der Waals surface area contributed by atoms with Crippen LogP contribution in [-0.4, -0.2) is 60.4 Å². The van der Waals surface area contributed by atoms with Gasteiger partial charge in [-0.3, -0.25) is 14.6 Å². The van der Waals surface area contributed by atoms with E-state index >= 15 is 0 Å². The van der Waals surface area contributed by atoms with Gasteiger partial charge in [-0.1, -0.05) is 83.4 Å². The van der Waals surface area contributed by atoms with Crippen LogP contribution in [0.4, 0.5) is 0 Å². The van der Waals surface area contributed by atoms with Crippen LogP contribution < -0.4 is 14.2 Å². The summed E-state index contributed by atoms with van der Waals surface area (Å²) >= 11 is 6.77. The number of aldehydes is 1. The molecule has 0 bridgehead atoms. The summed E-state index contributed by atoms with van der Waals surface area (Å²) < 4.78 is 17.9. The molecule has 0 aliphatic carbocycles. The van der Waals surface area contributed by atoms with E-state index in [1.165, 1.54) is 22.3 Å². The molecule has 6 rings (SSSR count). The first-order valence-electron chi connectivity index (χ1n) is 17.8. The first kappa shape index (κ1) is 36.8. The molecule has 0 N–H and O–H groups in total. The Bertz CT molecular complexity index is 1910. The molecule has 0 radical (unpaired) electrons. The minimum Gasteiger partial charge on any atom is -0.493 e. The molecule has 0 spiro atoms. The number of hydrogen-bond donors (Lipinski definition) is 0. The number of ether oxygens (including phenoxy) is 3. The van der Waals surface area contributed by atoms with E-state index in [0.717, 1.165) is 73.4 Å². The van der Waals surface area contributed by atoms with Gasteiger partial charge in [0.25, 0.3) is 0 Å². The number of nitrogens with zero attached hydrogens (tertiary/aromatic N) is 3. The maximum Gasteiger partial charge on any atom is 0.219 e. The first-order valence-corrected chi connectivity index (χ1v) is 18.2. The molecule has 52 heavy (non-hydrogen) atoms. The molecular weight excluding hydrogens is 670 g/mol. The van der Waals surface area contributed by atoms with Gasteiger partial charge in [-0.25, -0.2) is 4.98 Å². The average molecular weight is 716 g/mol. The second-order valence-corrected chi connectivity index (χ2v) is 13.8. The Morgan fingerprint density at radius 3 is 2.04 bits per heavy atom. The van der Waals surface area contributed by atoms with Gasteiger partial charge in [-0.05, 0) is 90.6 Å². The molecule has 1 fully saturated rings. The van der Waals surface area contributed by atoms with Gasteiger partial charge in [-0.2, -0.15) is 0 Å². The molecule has 0 unspecified atom stereocenters. The van der Waals surface area contributed by atoms with Gasteiger partial charge in [0, 0.05) is 51.8 Å². The van der Waals surface area contributed by atoms with E-state index in [0.29, 0.717) is 42.2 Å². The molecule has 8 heteroatoms. The van der Waals surface area contributed by atoms with E-state index in [1.54, 1.807) is 18.3 Å². The van der Waals surface area contributed by atoms with Crippen LogP contribution in [0.15, 0.2) is 109 Å². The van der Waals surface area contributed by atoms with E-state index in [4.69, 9.17) is 25.8 Å². The van der Waals surface area contributed by atoms with Gasteiger partial charge in [-0.15, -0.1) is 0 Å². The SMILES string of the molecule is Cc1ccc(COc2ccc(Oc3c(C)cc(/C(=C\C=O)CN4CCN(Cc5ccc(CCOc6ccc(C)cc6)cc5)CC4)cc3Cl)nc2)cc1. The van der Waals surface area contributed by atoms with Crippen molar-refractivity contribution in [3.8, 4) is 23.1 Å². The molecule has 1 aromatic heterocycles. The van der Waals surface area contributed by atoms with Crippen molar-refractivity contribution in [3.63, 3.8) is 0 Å². The van der Waals surface area contributed by atoms with E-state index in [9.17, 15) is 4.79 Å². The molecule has 7 nitrogen and oxygen atoms in total. The standard InChI is InChI=1S/C44H46ClN3O4/c1-32-4-8-37(9-5-32)31-51-41-16-17-43(46-28-41)52-44-34(3)26-39(27-42(44)45)38(18-24-49)30-48-22-20-47(21-23-48)29-36-12-10-35(11-13-36)19-25-50-40-14-6-33(2)7-15-40/h4-18,24,26-28H,19-23,25,29-31H2,1-3H3/b38-18-. The summed E-state index contributed by atoms with van der Waals surface area (Å²) in [5.74, 6) is 2.52. The van der Waals surface area contributed by atoms with Crippen LogP contribution >= 0.6 is 11.6 Å². The summed E-state index contributed by atoms with van der Waals surface area (Å²) in [6.07, 6.45) is 5.01. The second-order valence-electron chi connectivity index (χ2n) is 13.4. The predicted octanol–water partition coefficient (Wildman–Crippen LogP) is 9.05. The highest BCUT2D eigenvalue weighted by molar-refractivity contribution is 6.32. The smallest absolute Gasteiger partial charge is 0.219 e. The van der Waals surface area contributed by atoms with Crippen molar-refractivity contribution >= 4 is 23.5 Å². The highest BCUT2D eigenvalue weighted by atomic mass is 35.5. The lowest BCUT2D eigenvalue weighted by atomic mass is 10.0. The van der Waals surface area contributed by atoms with Gasteiger partial charge in [0.1, 0.15) is 24.4 Å². The normalized spacial score (nSPS) is 13.9. The maximum absolute atomic E-state index is 11.7. The number of halogens is 1. The summed E-state index contributed by atoms with van der Waals surface area (Å²) in [5.41, 5.74) is 8.81. The third-order valence-electron chi connectivity index (χ3n) is 9.28. The fourth-order valence-electron chi connectivity index (χ4n) is 6.17. The second kappa shape index (κ2) is 18.0. The molecule has 1 aliphatic rings. The Morgan fingerprint density at radius 1 is 0.750 bits per heavy atom. The molecule has 1 saturated heterocycles. The minimum atomic E-state index is 0.418. The predicted molar refractivity (Wildman–Crippen MR) is 209 cm³/mol. The van der Waals surface area contributed by atoms with Crippen molar-refractivity contribution in [1.29, 1.82) is 0 Å². The highest BCUT2D eigenvalue weighted by Crippen LogP contribution is 2.35. The lowest BCUT2D eigenvalue weighted by Gasteiger charge is -2.35. The molecule has 2 heterocycles. The van der Waals surface area contributed by atoms with Crippen LogP contribution in [0.3, 0.4) is 0 Å². The molecular formula is C44H46ClN3O4. The number of allylic oxidation sites excluding steroid dienone is 1. The number of carbonyl (C=O) groups excluding carboxylic acids is 1. The zero-order valence-electron chi connectivity index (χ0n) is 30.2. The topological polar surface area (TPSA) is 64.1 Å². The van der Waals surface area contributed by atoms with Crippen LogP contribution in [0.1, 0.15) is 38.9 Å². The fraction of sp³-hybridized carbons (Fsp3) is 0.273. The summed E-state index contributed by atoms with van der Waals surface area (Å²) in [7, 11) is 0. The number of carbonyl (C=O) groups is 1. The third-order valence-corrected chi connectivity index (χ3v) is 9.56. The number of pyridine rings is 1. The lowest BCUT2D eigenvalue weighted by Crippen LogP contribution is -2.46.